The summed E-state index contributed by atoms with van der Waals surface area (Å²) >= 11 is 0. The first-order valence-corrected chi connectivity index (χ1v) is 17.3. The van der Waals surface area contributed by atoms with Gasteiger partial charge in [-0.25, -0.2) is 19.1 Å². The van der Waals surface area contributed by atoms with Crippen molar-refractivity contribution in [3.63, 3.8) is 0 Å². The molecule has 53 heavy (non-hydrogen) atoms. The topological polar surface area (TPSA) is 131 Å². The van der Waals surface area contributed by atoms with E-state index in [2.05, 4.69) is 42.3 Å². The summed E-state index contributed by atoms with van der Waals surface area (Å²) in [6, 6.07) is 17.1. The molecule has 13 nitrogen and oxygen atoms in total. The van der Waals surface area contributed by atoms with Gasteiger partial charge >= 0.3 is 6.09 Å². The van der Waals surface area contributed by atoms with E-state index in [4.69, 9.17) is 18.7 Å². The summed E-state index contributed by atoms with van der Waals surface area (Å²) < 4.78 is 37.8. The first-order valence-electron chi connectivity index (χ1n) is 17.3. The number of para-hydroxylation sites is 1. The molecular weight excluding hydrogens is 679 g/mol. The van der Waals surface area contributed by atoms with E-state index in [1.807, 2.05) is 32.0 Å². The average molecular weight is 723 g/mol. The number of anilines is 4. The smallest absolute Gasteiger partial charge is 0.425 e. The average Bonchev–Trinajstić information content (AvgIpc) is 3.57. The molecule has 5 aromatic rings. The van der Waals surface area contributed by atoms with Crippen molar-refractivity contribution in [2.75, 3.05) is 63.7 Å². The van der Waals surface area contributed by atoms with Crippen molar-refractivity contribution in [3.05, 3.63) is 101 Å². The number of rotatable bonds is 13. The van der Waals surface area contributed by atoms with Crippen LogP contribution in [0.25, 0.3) is 12.2 Å². The minimum absolute atomic E-state index is 0.126. The lowest BCUT2D eigenvalue weighted by Crippen LogP contribution is -2.44. The van der Waals surface area contributed by atoms with Crippen molar-refractivity contribution in [1.82, 2.24) is 29.9 Å². The number of hydrogen-bond acceptors (Lipinski definition) is 12. The maximum Gasteiger partial charge on any atom is 0.425 e. The molecule has 0 bridgehead atoms. The molecule has 1 amide bonds. The monoisotopic (exact) mass is 722 g/mol. The van der Waals surface area contributed by atoms with Crippen LogP contribution in [0.5, 0.6) is 17.2 Å². The van der Waals surface area contributed by atoms with Gasteiger partial charge in [0.05, 0.1) is 19.4 Å². The second-order valence-electron chi connectivity index (χ2n) is 12.7. The Kier molecular flexibility index (Phi) is 11.9. The summed E-state index contributed by atoms with van der Waals surface area (Å²) in [6.45, 7) is 10.9. The number of piperazine rings is 1. The molecule has 3 heterocycles. The molecule has 1 fully saturated rings. The van der Waals surface area contributed by atoms with Gasteiger partial charge in [-0.1, -0.05) is 29.4 Å². The third kappa shape index (κ3) is 9.53. The second-order valence-corrected chi connectivity index (χ2v) is 12.7. The van der Waals surface area contributed by atoms with Gasteiger partial charge in [0.1, 0.15) is 17.3 Å². The third-order valence-electron chi connectivity index (χ3n) is 8.72. The van der Waals surface area contributed by atoms with Gasteiger partial charge in [0.2, 0.25) is 5.95 Å². The Morgan fingerprint density at radius 2 is 1.77 bits per heavy atom. The zero-order chi connectivity index (χ0) is 37.3. The Hall–Kier alpha value is -5.86. The molecule has 0 spiro atoms. The van der Waals surface area contributed by atoms with Crippen molar-refractivity contribution in [3.8, 4) is 17.2 Å². The lowest BCUT2D eigenvalue weighted by molar-refractivity contribution is 0.145. The normalized spacial score (nSPS) is 13.6. The number of hydrogen-bond donors (Lipinski definition) is 1. The number of aromatic nitrogens is 4. The lowest BCUT2D eigenvalue weighted by Gasteiger charge is -2.32. The molecule has 3 aromatic carbocycles. The van der Waals surface area contributed by atoms with Gasteiger partial charge in [0.25, 0.3) is 5.89 Å². The number of nitrogens with one attached hydrogen (secondary N) is 1. The van der Waals surface area contributed by atoms with E-state index in [1.165, 1.54) is 24.3 Å². The highest BCUT2D eigenvalue weighted by Gasteiger charge is 2.27. The molecule has 1 N–H and O–H groups in total. The van der Waals surface area contributed by atoms with Crippen LogP contribution in [-0.2, 0) is 0 Å². The van der Waals surface area contributed by atoms with E-state index in [1.54, 1.807) is 55.5 Å². The van der Waals surface area contributed by atoms with Gasteiger partial charge < -0.3 is 33.9 Å². The maximum atomic E-state index is 15.1. The molecule has 0 atom stereocenters. The number of methoxy groups -OCH3 is 1. The van der Waals surface area contributed by atoms with Gasteiger partial charge in [0.15, 0.2) is 17.4 Å². The maximum absolute atomic E-state index is 15.1. The quantitative estimate of drug-likeness (QED) is 0.123. The van der Waals surface area contributed by atoms with Gasteiger partial charge in [0, 0.05) is 62.8 Å². The summed E-state index contributed by atoms with van der Waals surface area (Å²) in [4.78, 5) is 33.3. The highest BCUT2D eigenvalue weighted by atomic mass is 19.1. The number of nitrogens with zero attached hydrogens (tertiary/aromatic N) is 7. The van der Waals surface area contributed by atoms with E-state index in [9.17, 15) is 4.79 Å². The Balaban J connectivity index is 1.22. The van der Waals surface area contributed by atoms with Crippen LogP contribution in [0, 0.1) is 26.6 Å². The summed E-state index contributed by atoms with van der Waals surface area (Å²) in [5, 5.41) is 6.85. The van der Waals surface area contributed by atoms with E-state index in [0.717, 1.165) is 55.8 Å². The zero-order valence-corrected chi connectivity index (χ0v) is 30.5. The van der Waals surface area contributed by atoms with Crippen LogP contribution in [0.4, 0.5) is 32.3 Å². The SMILES string of the molecule is COc1cc(C=Cc2nc(C)no2)ccc1N(C(=O)Oc1c(C)cccc1C)c1ccnc(Nc2ccc(OCCCN3CCN(C)CC3)c(F)c2)n1. The minimum atomic E-state index is -0.727. The van der Waals surface area contributed by atoms with Crippen LogP contribution < -0.4 is 24.4 Å². The van der Waals surface area contributed by atoms with Crippen molar-refractivity contribution < 1.29 is 27.9 Å². The number of carbonyl (C=O) groups is 1. The number of likely N-dealkylation sites (N-methyl/N-ethyl adjacent to an activating group) is 1. The zero-order valence-electron chi connectivity index (χ0n) is 30.5. The first kappa shape index (κ1) is 36.9. The van der Waals surface area contributed by atoms with Crippen LogP contribution in [-0.4, -0.2) is 89.5 Å². The lowest BCUT2D eigenvalue weighted by atomic mass is 10.1. The second kappa shape index (κ2) is 17.1. The number of aryl methyl sites for hydroxylation is 3. The van der Waals surface area contributed by atoms with E-state index in [0.29, 0.717) is 41.2 Å². The molecule has 1 aliphatic rings. The molecule has 0 saturated carbocycles. The van der Waals surface area contributed by atoms with Gasteiger partial charge in [-0.2, -0.15) is 9.97 Å². The van der Waals surface area contributed by atoms with Gasteiger partial charge in [-0.05, 0) is 81.3 Å². The Labute approximate surface area is 308 Å². The predicted octanol–water partition coefficient (Wildman–Crippen LogP) is 7.20. The third-order valence-corrected chi connectivity index (χ3v) is 8.72. The Morgan fingerprint density at radius 3 is 2.49 bits per heavy atom. The first-order chi connectivity index (χ1) is 25.7. The minimum Gasteiger partial charge on any atom is -0.495 e. The van der Waals surface area contributed by atoms with Crippen molar-refractivity contribution in [2.45, 2.75) is 27.2 Å². The van der Waals surface area contributed by atoms with Crippen LogP contribution in [0.3, 0.4) is 0 Å². The molecule has 14 heteroatoms. The summed E-state index contributed by atoms with van der Waals surface area (Å²) in [6.07, 6.45) is 5.04. The van der Waals surface area contributed by atoms with Crippen molar-refractivity contribution in [2.24, 2.45) is 0 Å². The predicted molar refractivity (Wildman–Crippen MR) is 201 cm³/mol. The van der Waals surface area contributed by atoms with Crippen molar-refractivity contribution >= 4 is 41.4 Å². The van der Waals surface area contributed by atoms with Gasteiger partial charge in [-0.15, -0.1) is 0 Å². The standard InChI is InChI=1S/C39H43FN8O5/c1-26-8-6-9-27(2)37(26)52-39(49)48(32-13-10-29(24-34(32)50-5)11-15-36-42-28(3)45-53-36)35-16-17-41-38(44-35)43-30-12-14-33(31(40)25-30)51-23-7-18-47-21-19-46(4)20-22-47/h6,8-17,24-25H,7,18-23H2,1-5H3,(H,41,43,44). The fraction of sp³-hybridized carbons (Fsp3) is 0.308. The van der Waals surface area contributed by atoms with E-state index >= 15 is 4.39 Å². The molecule has 1 saturated heterocycles. The molecule has 6 rings (SSSR count). The van der Waals surface area contributed by atoms with E-state index < -0.39 is 11.9 Å². The van der Waals surface area contributed by atoms with Crippen LogP contribution in [0.2, 0.25) is 0 Å². The number of benzene rings is 3. The molecule has 0 unspecified atom stereocenters. The number of ether oxygens (including phenoxy) is 3. The largest absolute Gasteiger partial charge is 0.495 e. The van der Waals surface area contributed by atoms with Crippen molar-refractivity contribution in [1.29, 1.82) is 0 Å². The summed E-state index contributed by atoms with van der Waals surface area (Å²) in [7, 11) is 3.63. The molecule has 0 aliphatic carbocycles. The molecule has 1 aliphatic heterocycles. The van der Waals surface area contributed by atoms with Gasteiger partial charge in [-0.3, -0.25) is 0 Å². The highest BCUT2D eigenvalue weighted by Crippen LogP contribution is 2.36. The van der Waals surface area contributed by atoms with E-state index in [-0.39, 0.29) is 17.5 Å². The fourth-order valence-electron chi connectivity index (χ4n) is 5.84. The molecule has 276 valence electrons. The highest BCUT2D eigenvalue weighted by molar-refractivity contribution is 5.98. The summed E-state index contributed by atoms with van der Waals surface area (Å²) in [5.74, 6) is 1.63. The molecule has 0 radical (unpaired) electrons. The summed E-state index contributed by atoms with van der Waals surface area (Å²) in [5.41, 5.74) is 3.09. The number of carbonyl (C=O) groups excluding carboxylic acids is 1. The molecular formula is C39H43FN8O5. The van der Waals surface area contributed by atoms with Crippen LogP contribution in [0.15, 0.2) is 71.4 Å². The Morgan fingerprint density at radius 1 is 0.981 bits per heavy atom. The number of halogens is 1. The fourth-order valence-corrected chi connectivity index (χ4v) is 5.84. The molecule has 2 aromatic heterocycles. The number of amides is 1. The van der Waals surface area contributed by atoms with Crippen LogP contribution in [0.1, 0.15) is 34.8 Å². The van der Waals surface area contributed by atoms with Crippen LogP contribution >= 0.6 is 0 Å². The Bertz CT molecular complexity index is 2040.